The number of thiazole rings is 1. The first-order valence-corrected chi connectivity index (χ1v) is 8.24. The molecule has 1 saturated heterocycles. The number of likely N-dealkylation sites (N-methyl/N-ethyl adjacent to an activating group) is 1. The fourth-order valence-corrected chi connectivity index (χ4v) is 3.41. The molecule has 0 aromatic carbocycles. The normalized spacial score (nSPS) is 19.1. The first-order valence-electron chi connectivity index (χ1n) is 7.42. The van der Waals surface area contributed by atoms with Gasteiger partial charge in [0.2, 0.25) is 0 Å². The van der Waals surface area contributed by atoms with Crippen LogP contribution in [0.2, 0.25) is 0 Å². The molecule has 1 N–H and O–H groups in total. The number of hydrogen-bond donors (Lipinski definition) is 1. The SMILES string of the molecule is CN1CCNCC1c1noc(-c2cnc(-c3ccncc3)s2)n1. The Morgan fingerprint density at radius 1 is 1.35 bits per heavy atom. The van der Waals surface area contributed by atoms with E-state index in [1.165, 1.54) is 11.3 Å². The predicted molar refractivity (Wildman–Crippen MR) is 86.9 cm³/mol. The van der Waals surface area contributed by atoms with Crippen molar-refractivity contribution in [1.29, 1.82) is 0 Å². The van der Waals surface area contributed by atoms with Crippen LogP contribution in [-0.4, -0.2) is 51.7 Å². The number of nitrogens with one attached hydrogen (secondary N) is 1. The second-order valence-corrected chi connectivity index (χ2v) is 6.45. The molecular weight excluding hydrogens is 312 g/mol. The second kappa shape index (κ2) is 6.15. The maximum absolute atomic E-state index is 5.44. The summed E-state index contributed by atoms with van der Waals surface area (Å²) < 4.78 is 5.44. The first-order chi connectivity index (χ1) is 11.3. The lowest BCUT2D eigenvalue weighted by molar-refractivity contribution is 0.190. The Bertz CT molecular complexity index is 786. The summed E-state index contributed by atoms with van der Waals surface area (Å²) in [5.41, 5.74) is 1.03. The third-order valence-electron chi connectivity index (χ3n) is 3.89. The quantitative estimate of drug-likeness (QED) is 0.785. The zero-order valence-corrected chi connectivity index (χ0v) is 13.5. The van der Waals surface area contributed by atoms with Crippen LogP contribution in [0, 0.1) is 0 Å². The number of pyridine rings is 1. The van der Waals surface area contributed by atoms with E-state index in [1.54, 1.807) is 18.6 Å². The largest absolute Gasteiger partial charge is 0.333 e. The van der Waals surface area contributed by atoms with E-state index in [0.717, 1.165) is 35.1 Å². The summed E-state index contributed by atoms with van der Waals surface area (Å²) in [6.45, 7) is 2.80. The summed E-state index contributed by atoms with van der Waals surface area (Å²) in [5.74, 6) is 1.24. The van der Waals surface area contributed by atoms with E-state index in [0.29, 0.717) is 11.7 Å². The van der Waals surface area contributed by atoms with Gasteiger partial charge in [-0.1, -0.05) is 5.16 Å². The van der Waals surface area contributed by atoms with E-state index in [1.807, 2.05) is 12.1 Å². The van der Waals surface area contributed by atoms with Crippen molar-refractivity contribution in [3.63, 3.8) is 0 Å². The van der Waals surface area contributed by atoms with E-state index in [9.17, 15) is 0 Å². The minimum Gasteiger partial charge on any atom is -0.333 e. The van der Waals surface area contributed by atoms with Crippen LogP contribution in [-0.2, 0) is 0 Å². The van der Waals surface area contributed by atoms with E-state index < -0.39 is 0 Å². The zero-order chi connectivity index (χ0) is 15.6. The van der Waals surface area contributed by atoms with E-state index >= 15 is 0 Å². The van der Waals surface area contributed by atoms with E-state index in [-0.39, 0.29) is 6.04 Å². The highest BCUT2D eigenvalue weighted by atomic mass is 32.1. The molecule has 1 fully saturated rings. The lowest BCUT2D eigenvalue weighted by Gasteiger charge is -2.30. The van der Waals surface area contributed by atoms with Gasteiger partial charge < -0.3 is 9.84 Å². The van der Waals surface area contributed by atoms with Gasteiger partial charge in [-0.05, 0) is 19.2 Å². The maximum Gasteiger partial charge on any atom is 0.269 e. The van der Waals surface area contributed by atoms with Gasteiger partial charge in [-0.15, -0.1) is 11.3 Å². The van der Waals surface area contributed by atoms with Crippen LogP contribution in [0.4, 0.5) is 0 Å². The van der Waals surface area contributed by atoms with Gasteiger partial charge in [-0.3, -0.25) is 9.88 Å². The Balaban J connectivity index is 1.59. The molecule has 1 atom stereocenters. The lowest BCUT2D eigenvalue weighted by Crippen LogP contribution is -2.44. The van der Waals surface area contributed by atoms with Crippen LogP contribution < -0.4 is 5.32 Å². The highest BCUT2D eigenvalue weighted by molar-refractivity contribution is 7.18. The van der Waals surface area contributed by atoms with Gasteiger partial charge >= 0.3 is 0 Å². The monoisotopic (exact) mass is 328 g/mol. The molecule has 23 heavy (non-hydrogen) atoms. The van der Waals surface area contributed by atoms with Crippen LogP contribution in [0.1, 0.15) is 11.9 Å². The van der Waals surface area contributed by atoms with Crippen molar-refractivity contribution in [3.8, 4) is 21.3 Å². The Morgan fingerprint density at radius 3 is 3.04 bits per heavy atom. The summed E-state index contributed by atoms with van der Waals surface area (Å²) in [5, 5.41) is 8.42. The Labute approximate surface area is 137 Å². The topological polar surface area (TPSA) is 80.0 Å². The molecular formula is C15H16N6OS. The fourth-order valence-electron chi connectivity index (χ4n) is 2.57. The maximum atomic E-state index is 5.44. The van der Waals surface area contributed by atoms with Gasteiger partial charge in [0, 0.05) is 37.6 Å². The predicted octanol–water partition coefficient (Wildman–Crippen LogP) is 1.83. The van der Waals surface area contributed by atoms with Crippen molar-refractivity contribution < 1.29 is 4.52 Å². The van der Waals surface area contributed by atoms with E-state index in [2.05, 4.69) is 37.4 Å². The van der Waals surface area contributed by atoms with Crippen molar-refractivity contribution >= 4 is 11.3 Å². The number of hydrogen-bond acceptors (Lipinski definition) is 8. The summed E-state index contributed by atoms with van der Waals surface area (Å²) in [4.78, 5) is 16.1. The van der Waals surface area contributed by atoms with Gasteiger partial charge in [0.05, 0.1) is 12.2 Å². The molecule has 0 amide bonds. The molecule has 1 aliphatic rings. The second-order valence-electron chi connectivity index (χ2n) is 5.42. The molecule has 1 unspecified atom stereocenters. The van der Waals surface area contributed by atoms with Gasteiger partial charge in [0.25, 0.3) is 5.89 Å². The van der Waals surface area contributed by atoms with Crippen molar-refractivity contribution in [2.45, 2.75) is 6.04 Å². The summed E-state index contributed by atoms with van der Waals surface area (Å²) >= 11 is 1.54. The molecule has 118 valence electrons. The molecule has 1 aliphatic heterocycles. The number of nitrogens with zero attached hydrogens (tertiary/aromatic N) is 5. The Morgan fingerprint density at radius 2 is 2.22 bits per heavy atom. The highest BCUT2D eigenvalue weighted by Crippen LogP contribution is 2.31. The average molecular weight is 328 g/mol. The van der Waals surface area contributed by atoms with Gasteiger partial charge in [0.15, 0.2) is 5.82 Å². The number of piperazine rings is 1. The van der Waals surface area contributed by atoms with Crippen molar-refractivity contribution in [2.75, 3.05) is 26.7 Å². The molecule has 3 aromatic rings. The molecule has 0 radical (unpaired) electrons. The Hall–Kier alpha value is -2.16. The highest BCUT2D eigenvalue weighted by Gasteiger charge is 2.26. The molecule has 0 saturated carbocycles. The molecule has 0 bridgehead atoms. The van der Waals surface area contributed by atoms with Crippen LogP contribution in [0.15, 0.2) is 35.2 Å². The third kappa shape index (κ3) is 2.88. The third-order valence-corrected chi connectivity index (χ3v) is 4.93. The van der Waals surface area contributed by atoms with Gasteiger partial charge in [0.1, 0.15) is 9.88 Å². The fraction of sp³-hybridized carbons (Fsp3) is 0.333. The molecule has 3 aromatic heterocycles. The molecule has 0 spiro atoms. The molecule has 7 nitrogen and oxygen atoms in total. The van der Waals surface area contributed by atoms with Gasteiger partial charge in [-0.2, -0.15) is 4.98 Å². The summed E-state index contributed by atoms with van der Waals surface area (Å²) in [6.07, 6.45) is 5.29. The van der Waals surface area contributed by atoms with Crippen LogP contribution in [0.3, 0.4) is 0 Å². The number of aromatic nitrogens is 4. The summed E-state index contributed by atoms with van der Waals surface area (Å²) in [6, 6.07) is 4.02. The Kier molecular flexibility index (Phi) is 3.86. The van der Waals surface area contributed by atoms with E-state index in [4.69, 9.17) is 4.52 Å². The van der Waals surface area contributed by atoms with Crippen molar-refractivity contribution in [2.24, 2.45) is 0 Å². The molecule has 8 heteroatoms. The number of rotatable bonds is 3. The van der Waals surface area contributed by atoms with Crippen LogP contribution in [0.25, 0.3) is 21.3 Å². The lowest BCUT2D eigenvalue weighted by atomic mass is 10.2. The van der Waals surface area contributed by atoms with Gasteiger partial charge in [-0.25, -0.2) is 4.98 Å². The molecule has 4 rings (SSSR count). The smallest absolute Gasteiger partial charge is 0.269 e. The minimum absolute atomic E-state index is 0.147. The summed E-state index contributed by atoms with van der Waals surface area (Å²) in [7, 11) is 2.08. The van der Waals surface area contributed by atoms with Crippen molar-refractivity contribution in [1.82, 2.24) is 30.3 Å². The molecule has 4 heterocycles. The van der Waals surface area contributed by atoms with Crippen LogP contribution >= 0.6 is 11.3 Å². The standard InChI is InChI=1S/C15H16N6OS/c1-21-7-6-17-8-11(21)13-19-14(22-20-13)12-9-18-15(23-12)10-2-4-16-5-3-10/h2-5,9,11,17H,6-8H2,1H3. The van der Waals surface area contributed by atoms with Crippen molar-refractivity contribution in [3.05, 3.63) is 36.5 Å². The average Bonchev–Trinajstić information content (AvgIpc) is 3.25. The minimum atomic E-state index is 0.147. The van der Waals surface area contributed by atoms with Crippen LogP contribution in [0.5, 0.6) is 0 Å². The first kappa shape index (κ1) is 14.4. The molecule has 0 aliphatic carbocycles. The zero-order valence-electron chi connectivity index (χ0n) is 12.6.